The van der Waals surface area contributed by atoms with Gasteiger partial charge in [-0.2, -0.15) is 13.5 Å². The molecule has 1 aromatic heterocycles. The molecule has 128 valence electrons. The van der Waals surface area contributed by atoms with E-state index in [0.29, 0.717) is 5.52 Å². The molecule has 10 heteroatoms. The predicted octanol–water partition coefficient (Wildman–Crippen LogP) is 1.13. The van der Waals surface area contributed by atoms with E-state index >= 15 is 0 Å². The quantitative estimate of drug-likeness (QED) is 0.459. The van der Waals surface area contributed by atoms with Crippen molar-refractivity contribution in [3.05, 3.63) is 64.1 Å². The Morgan fingerprint density at radius 2 is 2.00 bits per heavy atom. The molecule has 0 spiro atoms. The minimum absolute atomic E-state index is 0.0130. The number of carboxylic acid groups (broad SMARTS) is 1. The number of H-pyrrole nitrogens is 1. The number of hydrazone groups is 1. The molecule has 2 aromatic carbocycles. The number of benzene rings is 2. The molecule has 25 heavy (non-hydrogen) atoms. The fraction of sp³-hybridized carbons (Fsp3) is 0. The first kappa shape index (κ1) is 16.5. The van der Waals surface area contributed by atoms with Crippen molar-refractivity contribution in [1.82, 2.24) is 9.82 Å². The van der Waals surface area contributed by atoms with Gasteiger partial charge in [-0.05, 0) is 18.2 Å². The van der Waals surface area contributed by atoms with Crippen molar-refractivity contribution in [1.29, 1.82) is 0 Å². The summed E-state index contributed by atoms with van der Waals surface area (Å²) in [4.78, 5) is 26.4. The molecular formula is C15H11N3O6S. The fourth-order valence-corrected chi connectivity index (χ4v) is 2.92. The molecule has 9 nitrogen and oxygen atoms in total. The minimum atomic E-state index is -4.02. The number of rotatable bonds is 5. The van der Waals surface area contributed by atoms with Gasteiger partial charge in [0.2, 0.25) is 0 Å². The molecule has 0 unspecified atom stereocenters. The second kappa shape index (κ2) is 6.24. The van der Waals surface area contributed by atoms with Crippen LogP contribution in [0.1, 0.15) is 15.9 Å². The lowest BCUT2D eigenvalue weighted by atomic mass is 10.1. The molecule has 0 aliphatic carbocycles. The number of aromatic nitrogens is 1. The van der Waals surface area contributed by atoms with Crippen LogP contribution in [-0.4, -0.2) is 30.7 Å². The van der Waals surface area contributed by atoms with Crippen LogP contribution in [0, 0.1) is 0 Å². The van der Waals surface area contributed by atoms with Crippen LogP contribution >= 0.6 is 0 Å². The Hall–Kier alpha value is -3.40. The number of oxazole rings is 1. The highest BCUT2D eigenvalue weighted by molar-refractivity contribution is 7.89. The maximum absolute atomic E-state index is 12.2. The number of aromatic carboxylic acids is 1. The topological polar surface area (TPSA) is 142 Å². The molecule has 0 aliphatic rings. The van der Waals surface area contributed by atoms with Gasteiger partial charge in [0.05, 0.1) is 22.2 Å². The maximum atomic E-state index is 12.2. The van der Waals surface area contributed by atoms with Crippen molar-refractivity contribution in [3.8, 4) is 0 Å². The molecule has 0 atom stereocenters. The molecule has 0 saturated carbocycles. The summed E-state index contributed by atoms with van der Waals surface area (Å²) >= 11 is 0. The molecule has 0 aliphatic heterocycles. The smallest absolute Gasteiger partial charge is 0.417 e. The molecule has 3 rings (SSSR count). The first-order chi connectivity index (χ1) is 11.9. The molecule has 0 saturated heterocycles. The average Bonchev–Trinajstić information content (AvgIpc) is 2.94. The van der Waals surface area contributed by atoms with Gasteiger partial charge in [-0.25, -0.2) is 14.4 Å². The van der Waals surface area contributed by atoms with E-state index in [1.165, 1.54) is 30.3 Å². The van der Waals surface area contributed by atoms with Crippen molar-refractivity contribution >= 4 is 33.3 Å². The highest BCUT2D eigenvalue weighted by Gasteiger charge is 2.15. The summed E-state index contributed by atoms with van der Waals surface area (Å²) in [5.41, 5.74) is 0.682. The Morgan fingerprint density at radius 1 is 1.24 bits per heavy atom. The fourth-order valence-electron chi connectivity index (χ4n) is 2.12. The number of hydrogen-bond donors (Lipinski definition) is 3. The summed E-state index contributed by atoms with van der Waals surface area (Å²) in [5, 5.41) is 12.7. The molecule has 1 heterocycles. The normalized spacial score (nSPS) is 11.8. The van der Waals surface area contributed by atoms with Gasteiger partial charge in [0.1, 0.15) is 0 Å². The zero-order valence-corrected chi connectivity index (χ0v) is 13.3. The first-order valence-corrected chi connectivity index (χ1v) is 8.35. The summed E-state index contributed by atoms with van der Waals surface area (Å²) in [7, 11) is -4.02. The predicted molar refractivity (Wildman–Crippen MR) is 88.2 cm³/mol. The summed E-state index contributed by atoms with van der Waals surface area (Å²) in [6.07, 6.45) is 1.09. The van der Waals surface area contributed by atoms with E-state index < -0.39 is 21.7 Å². The lowest BCUT2D eigenvalue weighted by Crippen LogP contribution is -2.18. The second-order valence-electron chi connectivity index (χ2n) is 4.92. The lowest BCUT2D eigenvalue weighted by Gasteiger charge is -2.03. The summed E-state index contributed by atoms with van der Waals surface area (Å²) in [6.45, 7) is 0. The first-order valence-electron chi connectivity index (χ1n) is 6.87. The van der Waals surface area contributed by atoms with Gasteiger partial charge in [-0.15, -0.1) is 0 Å². The third-order valence-electron chi connectivity index (χ3n) is 3.27. The lowest BCUT2D eigenvalue weighted by molar-refractivity contribution is 0.0696. The molecule has 0 bridgehead atoms. The standard InChI is InChI=1S/C15H11N3O6S/c19-14(20)11-4-2-1-3-9(11)8-16-18-25(22,23)10-5-6-12-13(7-10)24-15(21)17-12/h1-8,18H,(H,17,21)(H,19,20)/b16-8+. The number of carbonyl (C=O) groups is 1. The Labute approximate surface area is 140 Å². The molecule has 3 N–H and O–H groups in total. The number of aromatic amines is 1. The van der Waals surface area contributed by atoms with E-state index in [-0.39, 0.29) is 21.6 Å². The van der Waals surface area contributed by atoms with Crippen LogP contribution in [0.2, 0.25) is 0 Å². The Kier molecular flexibility index (Phi) is 4.11. The number of sulfonamides is 1. The Morgan fingerprint density at radius 3 is 2.76 bits per heavy atom. The van der Waals surface area contributed by atoms with Gasteiger partial charge in [0, 0.05) is 11.6 Å². The van der Waals surface area contributed by atoms with Crippen LogP contribution in [0.25, 0.3) is 11.1 Å². The number of fused-ring (bicyclic) bond motifs is 1. The van der Waals surface area contributed by atoms with E-state index in [1.54, 1.807) is 12.1 Å². The van der Waals surface area contributed by atoms with Crippen LogP contribution in [0.3, 0.4) is 0 Å². The van der Waals surface area contributed by atoms with Crippen LogP contribution in [0.4, 0.5) is 0 Å². The largest absolute Gasteiger partial charge is 0.478 e. The van der Waals surface area contributed by atoms with Gasteiger partial charge in [-0.1, -0.05) is 18.2 Å². The number of nitrogens with one attached hydrogen (secondary N) is 2. The number of hydrogen-bond acceptors (Lipinski definition) is 6. The molecular weight excluding hydrogens is 350 g/mol. The summed E-state index contributed by atoms with van der Waals surface area (Å²) < 4.78 is 29.3. The average molecular weight is 361 g/mol. The highest BCUT2D eigenvalue weighted by Crippen LogP contribution is 2.16. The molecule has 0 fully saturated rings. The van der Waals surface area contributed by atoms with Crippen LogP contribution in [-0.2, 0) is 10.0 Å². The monoisotopic (exact) mass is 361 g/mol. The van der Waals surface area contributed by atoms with Gasteiger partial charge in [-0.3, -0.25) is 4.98 Å². The summed E-state index contributed by atoms with van der Waals surface area (Å²) in [6, 6.07) is 9.85. The van der Waals surface area contributed by atoms with Gasteiger partial charge >= 0.3 is 11.7 Å². The maximum Gasteiger partial charge on any atom is 0.417 e. The van der Waals surface area contributed by atoms with E-state index in [4.69, 9.17) is 9.52 Å². The Bertz CT molecular complexity index is 1140. The second-order valence-corrected chi connectivity index (χ2v) is 6.58. The van der Waals surface area contributed by atoms with E-state index in [9.17, 15) is 18.0 Å². The zero-order valence-electron chi connectivity index (χ0n) is 12.5. The van der Waals surface area contributed by atoms with E-state index in [2.05, 4.69) is 10.1 Å². The van der Waals surface area contributed by atoms with Gasteiger partial charge in [0.15, 0.2) is 5.58 Å². The number of nitrogens with zero attached hydrogens (tertiary/aromatic N) is 1. The SMILES string of the molecule is O=C(O)c1ccccc1/C=N/NS(=O)(=O)c1ccc2[nH]c(=O)oc2c1. The van der Waals surface area contributed by atoms with Crippen molar-refractivity contribution in [2.75, 3.05) is 0 Å². The summed E-state index contributed by atoms with van der Waals surface area (Å²) in [5.74, 6) is -1.85. The van der Waals surface area contributed by atoms with E-state index in [0.717, 1.165) is 6.21 Å². The third-order valence-corrected chi connectivity index (χ3v) is 4.49. The van der Waals surface area contributed by atoms with Crippen molar-refractivity contribution in [3.63, 3.8) is 0 Å². The zero-order chi connectivity index (χ0) is 18.0. The van der Waals surface area contributed by atoms with Crippen LogP contribution in [0.5, 0.6) is 0 Å². The van der Waals surface area contributed by atoms with Crippen LogP contribution < -0.4 is 10.6 Å². The van der Waals surface area contributed by atoms with E-state index in [1.807, 2.05) is 4.83 Å². The van der Waals surface area contributed by atoms with Crippen molar-refractivity contribution in [2.24, 2.45) is 5.10 Å². The minimum Gasteiger partial charge on any atom is -0.478 e. The van der Waals surface area contributed by atoms with Crippen LogP contribution in [0.15, 0.2) is 61.7 Å². The Balaban J connectivity index is 1.86. The van der Waals surface area contributed by atoms with Gasteiger partial charge < -0.3 is 9.52 Å². The molecule has 0 amide bonds. The molecule has 0 radical (unpaired) electrons. The van der Waals surface area contributed by atoms with Gasteiger partial charge in [0.25, 0.3) is 10.0 Å². The highest BCUT2D eigenvalue weighted by atomic mass is 32.2. The van der Waals surface area contributed by atoms with Crippen molar-refractivity contribution in [2.45, 2.75) is 4.90 Å². The number of carboxylic acids is 1. The van der Waals surface area contributed by atoms with Crippen molar-refractivity contribution < 1.29 is 22.7 Å². The molecule has 3 aromatic rings. The third kappa shape index (κ3) is 3.43.